The summed E-state index contributed by atoms with van der Waals surface area (Å²) in [6.07, 6.45) is 4.96. The number of hydrogen-bond acceptors (Lipinski definition) is 3. The highest BCUT2D eigenvalue weighted by Gasteiger charge is 2.07. The van der Waals surface area contributed by atoms with Gasteiger partial charge in [-0.2, -0.15) is 4.99 Å². The molecule has 0 aliphatic carbocycles. The van der Waals surface area contributed by atoms with Gasteiger partial charge in [0.2, 0.25) is 0 Å². The van der Waals surface area contributed by atoms with Gasteiger partial charge in [0, 0.05) is 30.7 Å². The van der Waals surface area contributed by atoms with Crippen molar-refractivity contribution in [3.05, 3.63) is 114 Å². The molecule has 4 aromatic rings. The smallest absolute Gasteiger partial charge is 0.282 e. The topological polar surface area (TPSA) is 60.1 Å². The van der Waals surface area contributed by atoms with Crippen LogP contribution in [-0.2, 0) is 6.54 Å². The molecule has 2 aromatic heterocycles. The number of nitrogens with zero attached hydrogens (tertiary/aromatic N) is 4. The van der Waals surface area contributed by atoms with Crippen molar-refractivity contribution in [1.29, 1.82) is 0 Å². The molecule has 5 heteroatoms. The molecule has 0 saturated heterocycles. The van der Waals surface area contributed by atoms with Gasteiger partial charge in [-0.1, -0.05) is 66.2 Å². The standard InChI is InChI=1S/C24H20N4O/c1-18-10-12-19(13-11-18)17-28-14-6-5-9-22(28)27-24(29)21-15-25-23(26-16-21)20-7-3-2-4-8-20/h2-16H,17H2,1H3. The lowest BCUT2D eigenvalue weighted by molar-refractivity contribution is 0.0996. The van der Waals surface area contributed by atoms with Crippen molar-refractivity contribution in [3.63, 3.8) is 0 Å². The van der Waals surface area contributed by atoms with Crippen LogP contribution in [0.1, 0.15) is 21.5 Å². The van der Waals surface area contributed by atoms with E-state index in [0.29, 0.717) is 23.4 Å². The van der Waals surface area contributed by atoms with Crippen LogP contribution in [0.3, 0.4) is 0 Å². The molecule has 0 bridgehead atoms. The Morgan fingerprint density at radius 1 is 0.897 bits per heavy atom. The Labute approximate surface area is 169 Å². The minimum atomic E-state index is -0.367. The van der Waals surface area contributed by atoms with Gasteiger partial charge >= 0.3 is 0 Å². The van der Waals surface area contributed by atoms with Gasteiger partial charge in [0.25, 0.3) is 5.91 Å². The summed E-state index contributed by atoms with van der Waals surface area (Å²) in [5.74, 6) is 0.213. The number of carbonyl (C=O) groups excluding carboxylic acids is 1. The minimum absolute atomic E-state index is 0.357. The van der Waals surface area contributed by atoms with Crippen molar-refractivity contribution in [2.75, 3.05) is 0 Å². The summed E-state index contributed by atoms with van der Waals surface area (Å²) in [4.78, 5) is 25.6. The van der Waals surface area contributed by atoms with Crippen LogP contribution < -0.4 is 5.49 Å². The molecule has 29 heavy (non-hydrogen) atoms. The van der Waals surface area contributed by atoms with Gasteiger partial charge in [0.1, 0.15) is 5.49 Å². The molecule has 0 saturated carbocycles. The Balaban J connectivity index is 1.59. The Morgan fingerprint density at radius 2 is 1.59 bits per heavy atom. The third-order valence-electron chi connectivity index (χ3n) is 4.54. The summed E-state index contributed by atoms with van der Waals surface area (Å²) in [5.41, 5.74) is 4.21. The monoisotopic (exact) mass is 380 g/mol. The first kappa shape index (κ1) is 18.5. The average molecular weight is 380 g/mol. The van der Waals surface area contributed by atoms with E-state index in [1.54, 1.807) is 0 Å². The zero-order chi connectivity index (χ0) is 20.1. The first-order valence-electron chi connectivity index (χ1n) is 9.36. The van der Waals surface area contributed by atoms with Crippen LogP contribution in [0.15, 0.2) is 96.4 Å². The molecule has 4 rings (SSSR count). The third-order valence-corrected chi connectivity index (χ3v) is 4.54. The van der Waals surface area contributed by atoms with Crippen LogP contribution in [0.25, 0.3) is 11.4 Å². The fraction of sp³-hybridized carbons (Fsp3) is 0.0833. The highest BCUT2D eigenvalue weighted by molar-refractivity contribution is 5.94. The Hall–Kier alpha value is -3.86. The zero-order valence-corrected chi connectivity index (χ0v) is 16.1. The van der Waals surface area contributed by atoms with Crippen LogP contribution in [0.4, 0.5) is 0 Å². The fourth-order valence-corrected chi connectivity index (χ4v) is 2.94. The molecule has 2 aromatic carbocycles. The van der Waals surface area contributed by atoms with Gasteiger partial charge in [-0.25, -0.2) is 9.97 Å². The van der Waals surface area contributed by atoms with Gasteiger partial charge < -0.3 is 4.57 Å². The van der Waals surface area contributed by atoms with Crippen LogP contribution in [0, 0.1) is 6.92 Å². The maximum absolute atomic E-state index is 12.7. The predicted octanol–water partition coefficient (Wildman–Crippen LogP) is 4.04. The summed E-state index contributed by atoms with van der Waals surface area (Å²) in [6.45, 7) is 2.70. The quantitative estimate of drug-likeness (QED) is 0.537. The SMILES string of the molecule is Cc1ccc(Cn2ccccc2=NC(=O)c2cnc(-c3ccccc3)nc2)cc1. The van der Waals surface area contributed by atoms with Crippen LogP contribution in [-0.4, -0.2) is 20.4 Å². The molecular weight excluding hydrogens is 360 g/mol. The third kappa shape index (κ3) is 4.52. The number of hydrogen-bond donors (Lipinski definition) is 0. The van der Waals surface area contributed by atoms with Crippen LogP contribution in [0.5, 0.6) is 0 Å². The molecule has 5 nitrogen and oxygen atoms in total. The molecule has 2 heterocycles. The predicted molar refractivity (Wildman–Crippen MR) is 112 cm³/mol. The molecule has 0 aliphatic rings. The molecule has 0 radical (unpaired) electrons. The minimum Gasteiger partial charge on any atom is -0.328 e. The first-order valence-corrected chi connectivity index (χ1v) is 9.36. The molecule has 142 valence electrons. The summed E-state index contributed by atoms with van der Waals surface area (Å²) < 4.78 is 1.95. The second-order valence-corrected chi connectivity index (χ2v) is 6.75. The number of aryl methyl sites for hydroxylation is 1. The number of aromatic nitrogens is 3. The number of carbonyl (C=O) groups is 1. The van der Waals surface area contributed by atoms with E-state index >= 15 is 0 Å². The van der Waals surface area contributed by atoms with Crippen molar-refractivity contribution in [2.24, 2.45) is 4.99 Å². The Kier molecular flexibility index (Phi) is 5.38. The van der Waals surface area contributed by atoms with E-state index in [0.717, 1.165) is 11.1 Å². The lowest BCUT2D eigenvalue weighted by Crippen LogP contribution is -2.22. The highest BCUT2D eigenvalue weighted by atomic mass is 16.1. The van der Waals surface area contributed by atoms with E-state index < -0.39 is 0 Å². The summed E-state index contributed by atoms with van der Waals surface area (Å²) >= 11 is 0. The number of rotatable bonds is 4. The van der Waals surface area contributed by atoms with E-state index in [1.807, 2.05) is 59.3 Å². The average Bonchev–Trinajstić information content (AvgIpc) is 2.77. The molecule has 0 unspecified atom stereocenters. The normalized spacial score (nSPS) is 11.4. The van der Waals surface area contributed by atoms with Crippen LogP contribution >= 0.6 is 0 Å². The van der Waals surface area contributed by atoms with E-state index in [1.165, 1.54) is 18.0 Å². The molecule has 0 atom stereocenters. The van der Waals surface area contributed by atoms with E-state index in [2.05, 4.69) is 46.1 Å². The van der Waals surface area contributed by atoms with Crippen molar-refractivity contribution in [1.82, 2.24) is 14.5 Å². The second-order valence-electron chi connectivity index (χ2n) is 6.75. The zero-order valence-electron chi connectivity index (χ0n) is 16.1. The van der Waals surface area contributed by atoms with Crippen molar-refractivity contribution in [3.8, 4) is 11.4 Å². The number of benzene rings is 2. The van der Waals surface area contributed by atoms with Crippen molar-refractivity contribution in [2.45, 2.75) is 13.5 Å². The maximum atomic E-state index is 12.7. The highest BCUT2D eigenvalue weighted by Crippen LogP contribution is 2.13. The van der Waals surface area contributed by atoms with E-state index in [9.17, 15) is 4.79 Å². The number of amides is 1. The van der Waals surface area contributed by atoms with Crippen LogP contribution in [0.2, 0.25) is 0 Å². The molecule has 0 aliphatic heterocycles. The van der Waals surface area contributed by atoms with Crippen molar-refractivity contribution >= 4 is 5.91 Å². The molecular formula is C24H20N4O. The van der Waals surface area contributed by atoms with Gasteiger partial charge in [0.15, 0.2) is 5.82 Å². The largest absolute Gasteiger partial charge is 0.328 e. The van der Waals surface area contributed by atoms with Gasteiger partial charge in [0.05, 0.1) is 5.56 Å². The summed E-state index contributed by atoms with van der Waals surface area (Å²) in [5, 5.41) is 0. The Morgan fingerprint density at radius 3 is 2.31 bits per heavy atom. The Bertz CT molecular complexity index is 1180. The maximum Gasteiger partial charge on any atom is 0.282 e. The fourth-order valence-electron chi connectivity index (χ4n) is 2.94. The molecule has 0 spiro atoms. The molecule has 1 amide bonds. The molecule has 0 fully saturated rings. The van der Waals surface area contributed by atoms with Gasteiger partial charge in [-0.05, 0) is 24.6 Å². The van der Waals surface area contributed by atoms with E-state index in [4.69, 9.17) is 0 Å². The van der Waals surface area contributed by atoms with E-state index in [-0.39, 0.29) is 5.91 Å². The molecule has 0 N–H and O–H groups in total. The van der Waals surface area contributed by atoms with Crippen molar-refractivity contribution < 1.29 is 4.79 Å². The number of pyridine rings is 1. The summed E-state index contributed by atoms with van der Waals surface area (Å²) in [6, 6.07) is 23.6. The summed E-state index contributed by atoms with van der Waals surface area (Å²) in [7, 11) is 0. The van der Waals surface area contributed by atoms with Gasteiger partial charge in [-0.3, -0.25) is 4.79 Å². The lowest BCUT2D eigenvalue weighted by atomic mass is 10.1. The lowest BCUT2D eigenvalue weighted by Gasteiger charge is -2.08. The first-order chi connectivity index (χ1) is 14.2. The van der Waals surface area contributed by atoms with Gasteiger partial charge in [-0.15, -0.1) is 0 Å². The second kappa shape index (κ2) is 8.44.